The molecular weight excluding hydrogens is 216 g/mol. The monoisotopic (exact) mass is 230 g/mol. The second kappa shape index (κ2) is 4.04. The zero-order chi connectivity index (χ0) is 11.7. The van der Waals surface area contributed by atoms with Gasteiger partial charge in [-0.15, -0.1) is 0 Å². The van der Waals surface area contributed by atoms with Crippen LogP contribution < -0.4 is 10.6 Å². The SMILES string of the molecule is Nc1cnn(Cc2cnc(N3CCC3)nc2)c1. The van der Waals surface area contributed by atoms with Crippen LogP contribution in [-0.4, -0.2) is 32.8 Å². The van der Waals surface area contributed by atoms with Gasteiger partial charge >= 0.3 is 0 Å². The summed E-state index contributed by atoms with van der Waals surface area (Å²) in [7, 11) is 0. The maximum absolute atomic E-state index is 5.60. The minimum Gasteiger partial charge on any atom is -0.396 e. The number of aromatic nitrogens is 4. The van der Waals surface area contributed by atoms with Crippen LogP contribution in [0.25, 0.3) is 0 Å². The minimum absolute atomic E-state index is 0.650. The molecule has 0 radical (unpaired) electrons. The van der Waals surface area contributed by atoms with Crippen LogP contribution in [0.2, 0.25) is 0 Å². The lowest BCUT2D eigenvalue weighted by atomic mass is 10.2. The first-order valence-electron chi connectivity index (χ1n) is 5.65. The van der Waals surface area contributed by atoms with Crippen LogP contribution in [0.5, 0.6) is 0 Å². The Morgan fingerprint density at radius 3 is 2.47 bits per heavy atom. The molecule has 1 aliphatic heterocycles. The minimum atomic E-state index is 0.650. The second-order valence-electron chi connectivity index (χ2n) is 4.20. The van der Waals surface area contributed by atoms with Crippen molar-refractivity contribution in [1.29, 1.82) is 0 Å². The summed E-state index contributed by atoms with van der Waals surface area (Å²) in [5, 5.41) is 4.12. The smallest absolute Gasteiger partial charge is 0.225 e. The molecule has 2 aromatic heterocycles. The van der Waals surface area contributed by atoms with E-state index in [1.54, 1.807) is 17.1 Å². The van der Waals surface area contributed by atoms with Crippen molar-refractivity contribution in [3.63, 3.8) is 0 Å². The summed E-state index contributed by atoms with van der Waals surface area (Å²) in [5.74, 6) is 0.819. The first-order valence-corrected chi connectivity index (χ1v) is 5.65. The van der Waals surface area contributed by atoms with Crippen LogP contribution in [0.3, 0.4) is 0 Å². The van der Waals surface area contributed by atoms with Crippen molar-refractivity contribution < 1.29 is 0 Å². The van der Waals surface area contributed by atoms with Gasteiger partial charge in [0.15, 0.2) is 0 Å². The molecule has 0 amide bonds. The van der Waals surface area contributed by atoms with Crippen LogP contribution in [0.4, 0.5) is 11.6 Å². The van der Waals surface area contributed by atoms with E-state index in [0.717, 1.165) is 24.6 Å². The quantitative estimate of drug-likeness (QED) is 0.832. The van der Waals surface area contributed by atoms with Gasteiger partial charge in [-0.3, -0.25) is 4.68 Å². The van der Waals surface area contributed by atoms with Gasteiger partial charge in [0.1, 0.15) is 0 Å². The van der Waals surface area contributed by atoms with Crippen molar-refractivity contribution in [1.82, 2.24) is 19.7 Å². The normalized spacial score (nSPS) is 14.7. The topological polar surface area (TPSA) is 72.9 Å². The lowest BCUT2D eigenvalue weighted by Crippen LogP contribution is -2.38. The number of nitrogens with zero attached hydrogens (tertiary/aromatic N) is 5. The van der Waals surface area contributed by atoms with E-state index in [2.05, 4.69) is 20.0 Å². The molecule has 1 fully saturated rings. The van der Waals surface area contributed by atoms with Crippen LogP contribution in [0, 0.1) is 0 Å². The summed E-state index contributed by atoms with van der Waals surface area (Å²) in [6.07, 6.45) is 8.35. The van der Waals surface area contributed by atoms with E-state index in [1.807, 2.05) is 12.4 Å². The van der Waals surface area contributed by atoms with Gasteiger partial charge < -0.3 is 10.6 Å². The van der Waals surface area contributed by atoms with Gasteiger partial charge in [0.2, 0.25) is 5.95 Å². The number of nitrogen functional groups attached to an aromatic ring is 1. The summed E-state index contributed by atoms with van der Waals surface area (Å²) < 4.78 is 1.78. The summed E-state index contributed by atoms with van der Waals surface area (Å²) in [4.78, 5) is 10.9. The molecule has 0 spiro atoms. The number of nitrogens with two attached hydrogens (primary N) is 1. The Morgan fingerprint density at radius 2 is 1.94 bits per heavy atom. The highest BCUT2D eigenvalue weighted by Gasteiger charge is 2.16. The Kier molecular flexibility index (Phi) is 2.40. The molecule has 1 aliphatic rings. The van der Waals surface area contributed by atoms with E-state index in [1.165, 1.54) is 6.42 Å². The van der Waals surface area contributed by atoms with Crippen molar-refractivity contribution >= 4 is 11.6 Å². The van der Waals surface area contributed by atoms with Gasteiger partial charge in [-0.2, -0.15) is 5.10 Å². The van der Waals surface area contributed by atoms with Gasteiger partial charge in [-0.1, -0.05) is 0 Å². The second-order valence-corrected chi connectivity index (χ2v) is 4.20. The number of hydrogen-bond acceptors (Lipinski definition) is 5. The predicted octanol–water partition coefficient (Wildman–Crippen LogP) is 0.514. The summed E-state index contributed by atoms with van der Waals surface area (Å²) >= 11 is 0. The molecule has 3 heterocycles. The summed E-state index contributed by atoms with van der Waals surface area (Å²) in [6, 6.07) is 0. The van der Waals surface area contributed by atoms with Crippen molar-refractivity contribution in [2.24, 2.45) is 0 Å². The highest BCUT2D eigenvalue weighted by Crippen LogP contribution is 2.14. The van der Waals surface area contributed by atoms with E-state index in [-0.39, 0.29) is 0 Å². The van der Waals surface area contributed by atoms with Crippen molar-refractivity contribution in [3.8, 4) is 0 Å². The molecule has 17 heavy (non-hydrogen) atoms. The van der Waals surface area contributed by atoms with Crippen molar-refractivity contribution in [3.05, 3.63) is 30.4 Å². The maximum Gasteiger partial charge on any atom is 0.225 e. The molecule has 1 saturated heterocycles. The maximum atomic E-state index is 5.60. The Labute approximate surface area is 99.1 Å². The molecule has 88 valence electrons. The highest BCUT2D eigenvalue weighted by atomic mass is 15.3. The molecule has 2 aromatic rings. The first-order chi connectivity index (χ1) is 8.31. The Bertz CT molecular complexity index is 499. The molecule has 2 N–H and O–H groups in total. The fourth-order valence-electron chi connectivity index (χ4n) is 1.76. The zero-order valence-electron chi connectivity index (χ0n) is 9.45. The summed E-state index contributed by atoms with van der Waals surface area (Å²) in [5.41, 5.74) is 7.30. The Morgan fingerprint density at radius 1 is 1.18 bits per heavy atom. The van der Waals surface area contributed by atoms with Crippen LogP contribution in [-0.2, 0) is 6.54 Å². The average Bonchev–Trinajstić information content (AvgIpc) is 2.64. The van der Waals surface area contributed by atoms with Crippen LogP contribution >= 0.6 is 0 Å². The molecule has 6 heteroatoms. The molecule has 3 rings (SSSR count). The van der Waals surface area contributed by atoms with Crippen LogP contribution in [0.15, 0.2) is 24.8 Å². The molecule has 0 saturated carbocycles. The molecule has 0 aliphatic carbocycles. The number of anilines is 2. The molecule has 0 bridgehead atoms. The summed E-state index contributed by atoms with van der Waals surface area (Å²) in [6.45, 7) is 2.78. The molecular formula is C11H14N6. The third-order valence-electron chi connectivity index (χ3n) is 2.83. The van der Waals surface area contributed by atoms with E-state index < -0.39 is 0 Å². The molecule has 0 atom stereocenters. The fourth-order valence-corrected chi connectivity index (χ4v) is 1.76. The predicted molar refractivity (Wildman–Crippen MR) is 64.6 cm³/mol. The van der Waals surface area contributed by atoms with Gasteiger partial charge in [0, 0.05) is 37.2 Å². The van der Waals surface area contributed by atoms with Gasteiger partial charge in [0.05, 0.1) is 18.4 Å². The van der Waals surface area contributed by atoms with Gasteiger partial charge in [-0.05, 0) is 6.42 Å². The fraction of sp³-hybridized carbons (Fsp3) is 0.364. The number of hydrogen-bond donors (Lipinski definition) is 1. The van der Waals surface area contributed by atoms with Gasteiger partial charge in [0.25, 0.3) is 0 Å². The zero-order valence-corrected chi connectivity index (χ0v) is 9.45. The largest absolute Gasteiger partial charge is 0.396 e. The van der Waals surface area contributed by atoms with E-state index in [0.29, 0.717) is 12.2 Å². The first kappa shape index (κ1) is 10.1. The van der Waals surface area contributed by atoms with E-state index in [4.69, 9.17) is 5.73 Å². The lowest BCUT2D eigenvalue weighted by molar-refractivity contribution is 0.598. The Balaban J connectivity index is 1.71. The molecule has 0 aromatic carbocycles. The highest BCUT2D eigenvalue weighted by molar-refractivity contribution is 5.33. The lowest BCUT2D eigenvalue weighted by Gasteiger charge is -2.30. The van der Waals surface area contributed by atoms with Crippen LogP contribution in [0.1, 0.15) is 12.0 Å². The third kappa shape index (κ3) is 2.06. The third-order valence-corrected chi connectivity index (χ3v) is 2.83. The number of rotatable bonds is 3. The van der Waals surface area contributed by atoms with Crippen molar-refractivity contribution in [2.75, 3.05) is 23.7 Å². The van der Waals surface area contributed by atoms with E-state index >= 15 is 0 Å². The standard InChI is InChI=1S/C11H14N6/c12-10-6-15-17(8-10)7-9-4-13-11(14-5-9)16-2-1-3-16/h4-6,8H,1-3,7,12H2. The van der Waals surface area contributed by atoms with Gasteiger partial charge in [-0.25, -0.2) is 9.97 Å². The average molecular weight is 230 g/mol. The van der Waals surface area contributed by atoms with E-state index in [9.17, 15) is 0 Å². The molecule has 6 nitrogen and oxygen atoms in total. The Hall–Kier alpha value is -2.11. The van der Waals surface area contributed by atoms with Crippen molar-refractivity contribution in [2.45, 2.75) is 13.0 Å². The molecule has 0 unspecified atom stereocenters.